The summed E-state index contributed by atoms with van der Waals surface area (Å²) < 4.78 is 25.6. The molecule has 3 N–H and O–H groups in total. The third kappa shape index (κ3) is 3.33. The Hall–Kier alpha value is -0.860. The molecule has 1 aromatic carbocycles. The summed E-state index contributed by atoms with van der Waals surface area (Å²) in [5.41, 5.74) is 0. The van der Waals surface area contributed by atoms with Crippen molar-refractivity contribution < 1.29 is 23.4 Å². The van der Waals surface area contributed by atoms with Crippen molar-refractivity contribution in [3.8, 4) is 0 Å². The molecule has 0 aromatic heterocycles. The molecule has 0 fully saturated rings. The monoisotopic (exact) mass is 313 g/mol. The Labute approximate surface area is 113 Å². The number of nitrogens with one attached hydrogen (secondary N) is 1. The molecule has 0 amide bonds. The quantitative estimate of drug-likeness (QED) is 0.743. The number of carboxylic acids is 1. The molecule has 0 saturated heterocycles. The molecule has 0 saturated carbocycles. The summed E-state index contributed by atoms with van der Waals surface area (Å²) in [7, 11) is -4.23. The first-order valence-electron chi connectivity index (χ1n) is 4.59. The predicted octanol–water partition coefficient (Wildman–Crippen LogP) is 0.717. The lowest BCUT2D eigenvalue weighted by atomic mass is 10.3. The van der Waals surface area contributed by atoms with E-state index in [2.05, 4.69) is 0 Å². The zero-order valence-corrected chi connectivity index (χ0v) is 11.1. The minimum Gasteiger partial charge on any atom is -0.480 e. The SMILES string of the molecule is O=C(O)[C@@H](CO)NS(=O)(=O)c1c(Cl)cccc1Cl. The van der Waals surface area contributed by atoms with Crippen LogP contribution < -0.4 is 4.72 Å². The van der Waals surface area contributed by atoms with Crippen LogP contribution >= 0.6 is 23.2 Å². The third-order valence-corrected chi connectivity index (χ3v) is 4.39. The van der Waals surface area contributed by atoms with Gasteiger partial charge in [-0.1, -0.05) is 29.3 Å². The Morgan fingerprint density at radius 2 is 1.83 bits per heavy atom. The molecule has 0 aliphatic rings. The van der Waals surface area contributed by atoms with Gasteiger partial charge in [0.1, 0.15) is 10.9 Å². The molecule has 0 heterocycles. The van der Waals surface area contributed by atoms with Crippen LogP contribution in [-0.4, -0.2) is 37.2 Å². The predicted molar refractivity (Wildman–Crippen MR) is 65.3 cm³/mol. The Balaban J connectivity index is 3.19. The van der Waals surface area contributed by atoms with Gasteiger partial charge in [-0.3, -0.25) is 4.79 Å². The number of halogens is 2. The fourth-order valence-electron chi connectivity index (χ4n) is 1.15. The number of rotatable bonds is 5. The van der Waals surface area contributed by atoms with Crippen molar-refractivity contribution in [2.24, 2.45) is 0 Å². The highest BCUT2D eigenvalue weighted by Crippen LogP contribution is 2.28. The van der Waals surface area contributed by atoms with Crippen molar-refractivity contribution in [3.05, 3.63) is 28.2 Å². The molecule has 0 bridgehead atoms. The van der Waals surface area contributed by atoms with Crippen LogP contribution in [-0.2, 0) is 14.8 Å². The van der Waals surface area contributed by atoms with Gasteiger partial charge in [-0.25, -0.2) is 8.42 Å². The number of aliphatic hydroxyl groups is 1. The molecule has 1 rings (SSSR count). The molecule has 18 heavy (non-hydrogen) atoms. The highest BCUT2D eigenvalue weighted by molar-refractivity contribution is 7.89. The summed E-state index contributed by atoms with van der Waals surface area (Å²) in [5, 5.41) is 17.2. The molecule has 1 atom stereocenters. The zero-order valence-electron chi connectivity index (χ0n) is 8.80. The summed E-state index contributed by atoms with van der Waals surface area (Å²) in [6.45, 7) is -0.892. The van der Waals surface area contributed by atoms with E-state index in [0.717, 1.165) is 0 Å². The van der Waals surface area contributed by atoms with Crippen molar-refractivity contribution >= 4 is 39.2 Å². The van der Waals surface area contributed by atoms with Crippen molar-refractivity contribution in [3.63, 3.8) is 0 Å². The number of benzene rings is 1. The molecule has 0 aliphatic carbocycles. The lowest BCUT2D eigenvalue weighted by Crippen LogP contribution is -2.43. The first-order valence-corrected chi connectivity index (χ1v) is 6.83. The Kier molecular flexibility index (Phi) is 4.94. The molecule has 0 aliphatic heterocycles. The first kappa shape index (κ1) is 15.2. The number of aliphatic carboxylic acids is 1. The summed E-state index contributed by atoms with van der Waals surface area (Å²) >= 11 is 11.4. The molecule has 0 radical (unpaired) electrons. The summed E-state index contributed by atoms with van der Waals surface area (Å²) in [6, 6.07) is 2.39. The highest BCUT2D eigenvalue weighted by Gasteiger charge is 2.28. The molecule has 0 spiro atoms. The van der Waals surface area contributed by atoms with Gasteiger partial charge in [-0.05, 0) is 12.1 Å². The lowest BCUT2D eigenvalue weighted by molar-refractivity contribution is -0.139. The minimum atomic E-state index is -4.23. The van der Waals surface area contributed by atoms with E-state index in [1.165, 1.54) is 18.2 Å². The molecule has 6 nitrogen and oxygen atoms in total. The lowest BCUT2D eigenvalue weighted by Gasteiger charge is -2.13. The number of aliphatic hydroxyl groups excluding tert-OH is 1. The van der Waals surface area contributed by atoms with E-state index in [4.69, 9.17) is 33.4 Å². The van der Waals surface area contributed by atoms with E-state index in [9.17, 15) is 13.2 Å². The van der Waals surface area contributed by atoms with Gasteiger partial charge >= 0.3 is 5.97 Å². The third-order valence-electron chi connectivity index (χ3n) is 1.97. The summed E-state index contributed by atoms with van der Waals surface area (Å²) in [6.07, 6.45) is 0. The van der Waals surface area contributed by atoms with Gasteiger partial charge in [0.05, 0.1) is 16.7 Å². The van der Waals surface area contributed by atoms with E-state index in [1.807, 2.05) is 0 Å². The second kappa shape index (κ2) is 5.85. The van der Waals surface area contributed by atoms with E-state index in [0.29, 0.717) is 0 Å². The number of sulfonamides is 1. The van der Waals surface area contributed by atoms with Gasteiger partial charge in [0, 0.05) is 0 Å². The maximum absolute atomic E-state index is 11.9. The summed E-state index contributed by atoms with van der Waals surface area (Å²) in [4.78, 5) is 10.2. The normalized spacial score (nSPS) is 13.3. The molecular formula is C9H9Cl2NO5S. The molecule has 100 valence electrons. The summed E-state index contributed by atoms with van der Waals surface area (Å²) in [5.74, 6) is -1.51. The van der Waals surface area contributed by atoms with E-state index in [1.54, 1.807) is 4.72 Å². The second-order valence-corrected chi connectivity index (χ2v) is 5.71. The first-order chi connectivity index (χ1) is 8.29. The van der Waals surface area contributed by atoms with Crippen LogP contribution in [0.3, 0.4) is 0 Å². The molecule has 1 aromatic rings. The van der Waals surface area contributed by atoms with Gasteiger partial charge in [-0.2, -0.15) is 4.72 Å². The maximum Gasteiger partial charge on any atom is 0.324 e. The standard InChI is InChI=1S/C9H9Cl2NO5S/c10-5-2-1-3-6(11)8(5)18(16,17)12-7(4-13)9(14)15/h1-3,7,12-13H,4H2,(H,14,15)/t7-/m1/s1. The van der Waals surface area contributed by atoms with Crippen molar-refractivity contribution in [1.82, 2.24) is 4.72 Å². The Morgan fingerprint density at radius 1 is 1.33 bits per heavy atom. The minimum absolute atomic E-state index is 0.142. The average Bonchev–Trinajstić information content (AvgIpc) is 2.25. The largest absolute Gasteiger partial charge is 0.480 e. The van der Waals surface area contributed by atoms with Gasteiger partial charge in [0.2, 0.25) is 10.0 Å². The highest BCUT2D eigenvalue weighted by atomic mass is 35.5. The van der Waals surface area contributed by atoms with E-state index in [-0.39, 0.29) is 10.0 Å². The van der Waals surface area contributed by atoms with Gasteiger partial charge in [0.15, 0.2) is 0 Å². The van der Waals surface area contributed by atoms with Gasteiger partial charge in [-0.15, -0.1) is 0 Å². The maximum atomic E-state index is 11.9. The van der Waals surface area contributed by atoms with Crippen molar-refractivity contribution in [1.29, 1.82) is 0 Å². The zero-order chi connectivity index (χ0) is 13.9. The van der Waals surface area contributed by atoms with Crippen LogP contribution in [0.4, 0.5) is 0 Å². The fourth-order valence-corrected chi connectivity index (χ4v) is 3.48. The van der Waals surface area contributed by atoms with Crippen molar-refractivity contribution in [2.75, 3.05) is 6.61 Å². The second-order valence-electron chi connectivity index (χ2n) is 3.25. The fraction of sp³-hybridized carbons (Fsp3) is 0.222. The molecule has 0 unspecified atom stereocenters. The molecule has 9 heteroatoms. The number of hydrogen-bond acceptors (Lipinski definition) is 4. The van der Waals surface area contributed by atoms with Crippen LogP contribution in [0.15, 0.2) is 23.1 Å². The van der Waals surface area contributed by atoms with Crippen LogP contribution in [0.25, 0.3) is 0 Å². The van der Waals surface area contributed by atoms with Crippen LogP contribution in [0.1, 0.15) is 0 Å². The van der Waals surface area contributed by atoms with E-state index < -0.39 is 33.5 Å². The van der Waals surface area contributed by atoms with Gasteiger partial charge in [0.25, 0.3) is 0 Å². The van der Waals surface area contributed by atoms with Crippen LogP contribution in [0.2, 0.25) is 10.0 Å². The van der Waals surface area contributed by atoms with E-state index >= 15 is 0 Å². The topological polar surface area (TPSA) is 104 Å². The molecular weight excluding hydrogens is 305 g/mol. The number of carbonyl (C=O) groups is 1. The Bertz CT molecular complexity index is 540. The number of carboxylic acid groups (broad SMARTS) is 1. The smallest absolute Gasteiger partial charge is 0.324 e. The number of hydrogen-bond donors (Lipinski definition) is 3. The Morgan fingerprint density at radius 3 is 2.22 bits per heavy atom. The van der Waals surface area contributed by atoms with Crippen LogP contribution in [0, 0.1) is 0 Å². The van der Waals surface area contributed by atoms with Crippen molar-refractivity contribution in [2.45, 2.75) is 10.9 Å². The van der Waals surface area contributed by atoms with Crippen LogP contribution in [0.5, 0.6) is 0 Å². The average molecular weight is 314 g/mol. The van der Waals surface area contributed by atoms with Gasteiger partial charge < -0.3 is 10.2 Å².